The smallest absolute Gasteiger partial charge is 0.118 e. The van der Waals surface area contributed by atoms with Crippen molar-refractivity contribution < 1.29 is 4.39 Å². The maximum Gasteiger partial charge on any atom is 0.118 e. The van der Waals surface area contributed by atoms with Crippen LogP contribution >= 0.6 is 0 Å². The van der Waals surface area contributed by atoms with E-state index in [1.165, 1.54) is 0 Å². The van der Waals surface area contributed by atoms with E-state index in [9.17, 15) is 0 Å². The molecule has 0 spiro atoms. The molecule has 0 saturated carbocycles. The van der Waals surface area contributed by atoms with E-state index in [4.69, 9.17) is 0 Å². The normalized spacial score (nSPS) is 19.4. The van der Waals surface area contributed by atoms with Crippen LogP contribution < -0.4 is 0 Å². The summed E-state index contributed by atoms with van der Waals surface area (Å²) in [6.07, 6.45) is 0.609. The molecule has 15 heavy (non-hydrogen) atoms. The molecule has 0 heterocycles. The van der Waals surface area contributed by atoms with Crippen LogP contribution in [-0.2, 0) is 0 Å². The molecular formula is C14H29F. The summed E-state index contributed by atoms with van der Waals surface area (Å²) in [6.45, 7) is 16.6. The van der Waals surface area contributed by atoms with Crippen molar-refractivity contribution in [2.24, 2.45) is 23.2 Å². The van der Waals surface area contributed by atoms with Crippen molar-refractivity contribution in [3.05, 3.63) is 0 Å². The van der Waals surface area contributed by atoms with Gasteiger partial charge in [0.25, 0.3) is 0 Å². The van der Waals surface area contributed by atoms with Crippen LogP contribution in [0.15, 0.2) is 0 Å². The van der Waals surface area contributed by atoms with Crippen molar-refractivity contribution in [2.75, 3.05) is 0 Å². The Balaban J connectivity index is 5.17. The van der Waals surface area contributed by atoms with Gasteiger partial charge >= 0.3 is 0 Å². The molecule has 0 aromatic heterocycles. The van der Waals surface area contributed by atoms with Crippen LogP contribution in [0, 0.1) is 23.2 Å². The molecule has 0 aliphatic carbocycles. The predicted molar refractivity (Wildman–Crippen MR) is 66.8 cm³/mol. The molecule has 0 aromatic carbocycles. The van der Waals surface area contributed by atoms with Crippen LogP contribution in [0.2, 0.25) is 0 Å². The van der Waals surface area contributed by atoms with E-state index in [1.807, 2.05) is 6.92 Å². The molecule has 0 aromatic rings. The first-order valence-electron chi connectivity index (χ1n) is 6.30. The Labute approximate surface area is 95.6 Å². The highest BCUT2D eigenvalue weighted by atomic mass is 19.1. The Morgan fingerprint density at radius 3 is 1.60 bits per heavy atom. The van der Waals surface area contributed by atoms with Gasteiger partial charge in [-0.15, -0.1) is 0 Å². The van der Waals surface area contributed by atoms with Gasteiger partial charge in [-0.2, -0.15) is 0 Å². The lowest BCUT2D eigenvalue weighted by Gasteiger charge is -2.48. The minimum atomic E-state index is -1.06. The standard InChI is InChI=1S/C14H29F/c1-9-14(15,12(6)10(2)3)13(7,8)11(4)5/h10-12H,9H2,1-8H3. The minimum Gasteiger partial charge on any atom is -0.243 e. The summed E-state index contributed by atoms with van der Waals surface area (Å²) in [5.41, 5.74) is -1.32. The van der Waals surface area contributed by atoms with Gasteiger partial charge in [0.1, 0.15) is 5.67 Å². The lowest BCUT2D eigenvalue weighted by molar-refractivity contribution is -0.0761. The summed E-state index contributed by atoms with van der Waals surface area (Å²) in [5, 5.41) is 0. The van der Waals surface area contributed by atoms with Crippen LogP contribution in [0.25, 0.3) is 0 Å². The number of rotatable bonds is 5. The summed E-state index contributed by atoms with van der Waals surface area (Å²) in [7, 11) is 0. The van der Waals surface area contributed by atoms with Crippen molar-refractivity contribution in [3.8, 4) is 0 Å². The molecule has 0 nitrogen and oxygen atoms in total. The van der Waals surface area contributed by atoms with E-state index in [2.05, 4.69) is 48.5 Å². The molecule has 0 radical (unpaired) electrons. The zero-order valence-corrected chi connectivity index (χ0v) is 11.8. The van der Waals surface area contributed by atoms with Gasteiger partial charge in [-0.1, -0.05) is 55.4 Å². The Morgan fingerprint density at radius 2 is 1.40 bits per heavy atom. The Morgan fingerprint density at radius 1 is 1.00 bits per heavy atom. The average Bonchev–Trinajstić information content (AvgIpc) is 2.14. The largest absolute Gasteiger partial charge is 0.243 e. The first-order valence-corrected chi connectivity index (χ1v) is 6.30. The van der Waals surface area contributed by atoms with Crippen molar-refractivity contribution in [2.45, 2.75) is 67.5 Å². The summed E-state index contributed by atoms with van der Waals surface area (Å²) >= 11 is 0. The van der Waals surface area contributed by atoms with Gasteiger partial charge in [-0.05, 0) is 24.2 Å². The van der Waals surface area contributed by atoms with E-state index < -0.39 is 5.67 Å². The molecule has 0 rings (SSSR count). The molecule has 0 aliphatic heterocycles. The van der Waals surface area contributed by atoms with E-state index in [0.29, 0.717) is 18.3 Å². The Bertz CT molecular complexity index is 194. The third-order valence-electron chi connectivity index (χ3n) is 4.75. The highest BCUT2D eigenvalue weighted by Crippen LogP contribution is 2.49. The number of halogens is 1. The van der Waals surface area contributed by atoms with Crippen LogP contribution in [0.4, 0.5) is 4.39 Å². The Kier molecular flexibility index (Phi) is 4.82. The second kappa shape index (κ2) is 4.84. The molecule has 0 amide bonds. The zero-order valence-electron chi connectivity index (χ0n) is 11.8. The van der Waals surface area contributed by atoms with Gasteiger partial charge in [0, 0.05) is 5.41 Å². The lowest BCUT2D eigenvalue weighted by atomic mass is 9.61. The molecule has 2 atom stereocenters. The van der Waals surface area contributed by atoms with E-state index in [0.717, 1.165) is 0 Å². The summed E-state index contributed by atoms with van der Waals surface area (Å²) < 4.78 is 15.2. The fourth-order valence-corrected chi connectivity index (χ4v) is 2.37. The van der Waals surface area contributed by atoms with Gasteiger partial charge < -0.3 is 0 Å². The predicted octanol–water partition coefficient (Wildman–Crippen LogP) is 5.08. The minimum absolute atomic E-state index is 0.111. The SMILES string of the molecule is CCC(F)(C(C)C(C)C)C(C)(C)C(C)C. The second-order valence-electron chi connectivity index (χ2n) is 6.13. The quantitative estimate of drug-likeness (QED) is 0.601. The molecule has 92 valence electrons. The fraction of sp³-hybridized carbons (Fsp3) is 1.00. The summed E-state index contributed by atoms with van der Waals surface area (Å²) in [6, 6.07) is 0. The van der Waals surface area contributed by atoms with Crippen molar-refractivity contribution in [3.63, 3.8) is 0 Å². The highest BCUT2D eigenvalue weighted by molar-refractivity contribution is 4.98. The van der Waals surface area contributed by atoms with Crippen LogP contribution in [0.1, 0.15) is 61.8 Å². The van der Waals surface area contributed by atoms with Crippen molar-refractivity contribution in [1.29, 1.82) is 0 Å². The number of hydrogen-bond acceptors (Lipinski definition) is 0. The molecular weight excluding hydrogens is 187 g/mol. The van der Waals surface area contributed by atoms with E-state index >= 15 is 4.39 Å². The number of alkyl halides is 1. The van der Waals surface area contributed by atoms with Gasteiger partial charge in [0.15, 0.2) is 0 Å². The molecule has 0 fully saturated rings. The fourth-order valence-electron chi connectivity index (χ4n) is 2.37. The Hall–Kier alpha value is -0.0700. The van der Waals surface area contributed by atoms with Crippen molar-refractivity contribution in [1.82, 2.24) is 0 Å². The first kappa shape index (κ1) is 14.9. The molecule has 0 aliphatic rings. The van der Waals surface area contributed by atoms with E-state index in [1.54, 1.807) is 0 Å². The lowest BCUT2D eigenvalue weighted by Crippen LogP contribution is -2.50. The first-order chi connectivity index (χ1) is 6.61. The molecule has 0 saturated heterocycles. The molecule has 0 N–H and O–H groups in total. The number of hydrogen-bond donors (Lipinski definition) is 0. The van der Waals surface area contributed by atoms with E-state index in [-0.39, 0.29) is 11.3 Å². The zero-order chi connectivity index (χ0) is 12.4. The maximum atomic E-state index is 15.2. The van der Waals surface area contributed by atoms with Crippen LogP contribution in [0.5, 0.6) is 0 Å². The third kappa shape index (κ3) is 2.54. The van der Waals surface area contributed by atoms with Crippen LogP contribution in [-0.4, -0.2) is 5.67 Å². The average molecular weight is 216 g/mol. The second-order valence-corrected chi connectivity index (χ2v) is 6.13. The topological polar surface area (TPSA) is 0 Å². The monoisotopic (exact) mass is 216 g/mol. The van der Waals surface area contributed by atoms with Gasteiger partial charge in [-0.25, -0.2) is 4.39 Å². The highest BCUT2D eigenvalue weighted by Gasteiger charge is 2.50. The summed E-state index contributed by atoms with van der Waals surface area (Å²) in [5.74, 6) is 0.872. The van der Waals surface area contributed by atoms with Gasteiger partial charge in [0.2, 0.25) is 0 Å². The van der Waals surface area contributed by atoms with Crippen molar-refractivity contribution >= 4 is 0 Å². The van der Waals surface area contributed by atoms with Gasteiger partial charge in [-0.3, -0.25) is 0 Å². The summed E-state index contributed by atoms with van der Waals surface area (Å²) in [4.78, 5) is 0. The molecule has 0 bridgehead atoms. The molecule has 1 heteroatoms. The third-order valence-corrected chi connectivity index (χ3v) is 4.75. The van der Waals surface area contributed by atoms with Gasteiger partial charge in [0.05, 0.1) is 0 Å². The maximum absolute atomic E-state index is 15.2. The van der Waals surface area contributed by atoms with Crippen LogP contribution in [0.3, 0.4) is 0 Å². The molecule has 2 unspecified atom stereocenters.